The first-order valence-electron chi connectivity index (χ1n) is 15.3. The fourth-order valence-electron chi connectivity index (χ4n) is 7.24. The average molecular weight is 539 g/mol. The Hall–Kier alpha value is -3.00. The Morgan fingerprint density at radius 3 is 1.40 bits per heavy atom. The number of aromatic hydroxyl groups is 2. The van der Waals surface area contributed by atoms with E-state index < -0.39 is 0 Å². The van der Waals surface area contributed by atoms with E-state index in [0.717, 1.165) is 59.1 Å². The first-order valence-corrected chi connectivity index (χ1v) is 15.3. The Kier molecular flexibility index (Phi) is 9.49. The Morgan fingerprint density at radius 2 is 1.07 bits per heavy atom. The van der Waals surface area contributed by atoms with E-state index in [9.17, 15) is 10.2 Å². The van der Waals surface area contributed by atoms with E-state index in [2.05, 4.69) is 91.1 Å². The van der Waals surface area contributed by atoms with Gasteiger partial charge in [-0.05, 0) is 99.3 Å². The Labute approximate surface area is 243 Å². The monoisotopic (exact) mass is 538 g/mol. The molecule has 2 aromatic rings. The van der Waals surface area contributed by atoms with Crippen molar-refractivity contribution in [3.8, 4) is 22.6 Å². The summed E-state index contributed by atoms with van der Waals surface area (Å²) in [5.74, 6) is 2.80. The molecule has 0 fully saturated rings. The summed E-state index contributed by atoms with van der Waals surface area (Å²) < 4.78 is 0. The van der Waals surface area contributed by atoms with Gasteiger partial charge in [-0.2, -0.15) is 0 Å². The van der Waals surface area contributed by atoms with E-state index >= 15 is 0 Å². The Morgan fingerprint density at radius 1 is 0.700 bits per heavy atom. The SMILES string of the molecule is C=CCc1cc(-c2cc(CC=C)cc([C@@H]3C=C(C)CC[C@H]3C(C)C)c2O)c(O)c([C@H]2C=C(C)CC[C@H]2C(C)C)c1. The van der Waals surface area contributed by atoms with Gasteiger partial charge in [-0.15, -0.1) is 13.2 Å². The van der Waals surface area contributed by atoms with Gasteiger partial charge in [0.05, 0.1) is 0 Å². The van der Waals surface area contributed by atoms with Crippen molar-refractivity contribution in [2.45, 2.75) is 91.9 Å². The molecule has 40 heavy (non-hydrogen) atoms. The quantitative estimate of drug-likeness (QED) is 0.312. The van der Waals surface area contributed by atoms with Gasteiger partial charge in [0.25, 0.3) is 0 Å². The molecule has 0 radical (unpaired) electrons. The smallest absolute Gasteiger partial charge is 0.127 e. The van der Waals surface area contributed by atoms with Crippen molar-refractivity contribution in [1.29, 1.82) is 0 Å². The molecule has 0 aliphatic heterocycles. The van der Waals surface area contributed by atoms with Crippen molar-refractivity contribution in [3.63, 3.8) is 0 Å². The van der Waals surface area contributed by atoms with Crippen molar-refractivity contribution in [3.05, 3.63) is 95.1 Å². The summed E-state index contributed by atoms with van der Waals surface area (Å²) >= 11 is 0. The van der Waals surface area contributed by atoms with Crippen LogP contribution in [0.4, 0.5) is 0 Å². The highest BCUT2D eigenvalue weighted by Crippen LogP contribution is 2.50. The second kappa shape index (κ2) is 12.7. The highest BCUT2D eigenvalue weighted by Gasteiger charge is 2.33. The highest BCUT2D eigenvalue weighted by molar-refractivity contribution is 5.80. The molecule has 2 N–H and O–H groups in total. The summed E-state index contributed by atoms with van der Waals surface area (Å²) in [6, 6.07) is 8.46. The number of hydrogen-bond acceptors (Lipinski definition) is 2. The maximum absolute atomic E-state index is 12.0. The number of hydrogen-bond donors (Lipinski definition) is 2. The molecule has 214 valence electrons. The molecule has 0 bridgehead atoms. The molecule has 4 atom stereocenters. The van der Waals surface area contributed by atoms with Crippen LogP contribution in [0.1, 0.15) is 101 Å². The van der Waals surface area contributed by atoms with Crippen LogP contribution >= 0.6 is 0 Å². The third-order valence-corrected chi connectivity index (χ3v) is 9.47. The van der Waals surface area contributed by atoms with Crippen LogP contribution in [0.5, 0.6) is 11.5 Å². The zero-order valence-electron chi connectivity index (χ0n) is 25.6. The van der Waals surface area contributed by atoms with Gasteiger partial charge in [0, 0.05) is 34.1 Å². The molecule has 0 spiro atoms. The molecule has 0 saturated carbocycles. The summed E-state index contributed by atoms with van der Waals surface area (Å²) in [6.07, 6.45) is 14.5. The highest BCUT2D eigenvalue weighted by atomic mass is 16.3. The molecular formula is C38H50O2. The fraction of sp³-hybridized carbons (Fsp3) is 0.474. The van der Waals surface area contributed by atoms with Crippen molar-refractivity contribution in [2.24, 2.45) is 23.7 Å². The predicted octanol–water partition coefficient (Wildman–Crippen LogP) is 10.4. The normalized spacial score (nSPS) is 23.2. The third kappa shape index (κ3) is 6.17. The van der Waals surface area contributed by atoms with E-state index in [0.29, 0.717) is 48.0 Å². The molecule has 2 aromatic carbocycles. The van der Waals surface area contributed by atoms with Crippen LogP contribution < -0.4 is 0 Å². The van der Waals surface area contributed by atoms with Crippen LogP contribution in [0.2, 0.25) is 0 Å². The number of phenolic OH excluding ortho intramolecular Hbond substituents is 2. The second-order valence-corrected chi connectivity index (χ2v) is 13.1. The van der Waals surface area contributed by atoms with Crippen molar-refractivity contribution < 1.29 is 10.2 Å². The maximum atomic E-state index is 12.0. The molecule has 2 aliphatic carbocycles. The zero-order valence-corrected chi connectivity index (χ0v) is 25.6. The zero-order chi connectivity index (χ0) is 29.1. The van der Waals surface area contributed by atoms with E-state index in [4.69, 9.17) is 0 Å². The predicted molar refractivity (Wildman–Crippen MR) is 171 cm³/mol. The largest absolute Gasteiger partial charge is 0.507 e. The summed E-state index contributed by atoms with van der Waals surface area (Å²) in [5.41, 5.74) is 8.36. The van der Waals surface area contributed by atoms with Gasteiger partial charge in [-0.3, -0.25) is 0 Å². The second-order valence-electron chi connectivity index (χ2n) is 13.1. The maximum Gasteiger partial charge on any atom is 0.127 e. The van der Waals surface area contributed by atoms with Gasteiger partial charge in [0.2, 0.25) is 0 Å². The lowest BCUT2D eigenvalue weighted by Crippen LogP contribution is -2.21. The molecule has 0 heterocycles. The van der Waals surface area contributed by atoms with Gasteiger partial charge in [0.1, 0.15) is 11.5 Å². The summed E-state index contributed by atoms with van der Waals surface area (Å²) in [7, 11) is 0. The van der Waals surface area contributed by atoms with Gasteiger partial charge in [0.15, 0.2) is 0 Å². The van der Waals surface area contributed by atoms with Crippen LogP contribution in [-0.2, 0) is 12.8 Å². The molecule has 2 nitrogen and oxygen atoms in total. The molecule has 0 saturated heterocycles. The van der Waals surface area contributed by atoms with Gasteiger partial charge in [-0.1, -0.05) is 75.3 Å². The number of phenols is 2. The molecule has 0 amide bonds. The van der Waals surface area contributed by atoms with E-state index in [-0.39, 0.29) is 11.8 Å². The van der Waals surface area contributed by atoms with Gasteiger partial charge < -0.3 is 10.2 Å². The van der Waals surface area contributed by atoms with Crippen LogP contribution in [0.3, 0.4) is 0 Å². The topological polar surface area (TPSA) is 40.5 Å². The first kappa shape index (κ1) is 30.0. The van der Waals surface area contributed by atoms with Crippen LogP contribution in [-0.4, -0.2) is 10.2 Å². The third-order valence-electron chi connectivity index (χ3n) is 9.47. The lowest BCUT2D eigenvalue weighted by atomic mass is 9.70. The number of benzene rings is 2. The first-order chi connectivity index (χ1) is 19.0. The molecule has 0 unspecified atom stereocenters. The summed E-state index contributed by atoms with van der Waals surface area (Å²) in [5, 5.41) is 24.0. The molecule has 2 heteroatoms. The molecule has 0 aromatic heterocycles. The van der Waals surface area contributed by atoms with E-state index in [1.165, 1.54) is 11.1 Å². The Balaban J connectivity index is 1.98. The average Bonchev–Trinajstić information content (AvgIpc) is 2.90. The van der Waals surface area contributed by atoms with Crippen molar-refractivity contribution in [2.75, 3.05) is 0 Å². The minimum atomic E-state index is 0.143. The van der Waals surface area contributed by atoms with Crippen LogP contribution in [0, 0.1) is 23.7 Å². The molecule has 2 aliphatic rings. The van der Waals surface area contributed by atoms with Gasteiger partial charge >= 0.3 is 0 Å². The van der Waals surface area contributed by atoms with Crippen LogP contribution in [0.25, 0.3) is 11.1 Å². The molecule has 4 rings (SSSR count). The van der Waals surface area contributed by atoms with Gasteiger partial charge in [-0.25, -0.2) is 0 Å². The molecular weight excluding hydrogens is 488 g/mol. The summed E-state index contributed by atoms with van der Waals surface area (Å²) in [4.78, 5) is 0. The van der Waals surface area contributed by atoms with E-state index in [1.807, 2.05) is 12.2 Å². The minimum absolute atomic E-state index is 0.143. The van der Waals surface area contributed by atoms with Crippen molar-refractivity contribution >= 4 is 0 Å². The number of allylic oxidation sites excluding steroid dienone is 6. The van der Waals surface area contributed by atoms with Crippen molar-refractivity contribution in [1.82, 2.24) is 0 Å². The lowest BCUT2D eigenvalue weighted by molar-refractivity contribution is 0.309. The summed E-state index contributed by atoms with van der Waals surface area (Å²) in [6.45, 7) is 21.6. The lowest BCUT2D eigenvalue weighted by Gasteiger charge is -2.35. The van der Waals surface area contributed by atoms with Crippen LogP contribution in [0.15, 0.2) is 72.9 Å². The Bertz CT molecular complexity index is 1200. The van der Waals surface area contributed by atoms with E-state index in [1.54, 1.807) is 0 Å². The standard InChI is InChI=1S/C38H50O2/c1-9-11-27-19-33(31-17-25(7)13-15-29(31)23(3)4)37(39)35(21-27)36-22-28(12-10-2)20-34(38(36)40)32-18-26(8)14-16-30(32)24(5)6/h9-10,17-24,29-32,39-40H,1-2,11-16H2,3-8H3/t29-,30-,31-,32+/m0/s1. The fourth-order valence-corrected chi connectivity index (χ4v) is 7.24. The number of rotatable bonds is 9. The minimum Gasteiger partial charge on any atom is -0.507 e.